The first-order valence-electron chi connectivity index (χ1n) is 8.98. The third kappa shape index (κ3) is 4.79. The Bertz CT molecular complexity index is 1150. The summed E-state index contributed by atoms with van der Waals surface area (Å²) in [7, 11) is -2.47. The van der Waals surface area contributed by atoms with Crippen molar-refractivity contribution >= 4 is 39.0 Å². The molecule has 2 N–H and O–H groups in total. The average molecular weight is 446 g/mol. The van der Waals surface area contributed by atoms with E-state index in [-0.39, 0.29) is 10.5 Å². The molecule has 0 fully saturated rings. The van der Waals surface area contributed by atoms with Gasteiger partial charge in [0.05, 0.1) is 21.7 Å². The zero-order valence-electron chi connectivity index (χ0n) is 16.3. The van der Waals surface area contributed by atoms with Gasteiger partial charge in [0.1, 0.15) is 5.82 Å². The number of hydrogen-bond acceptors (Lipinski definition) is 5. The van der Waals surface area contributed by atoms with Crippen molar-refractivity contribution in [3.63, 3.8) is 0 Å². The zero-order valence-corrected chi connectivity index (χ0v) is 17.9. The number of nitrogens with zero attached hydrogens (tertiary/aromatic N) is 2. The first kappa shape index (κ1) is 21.8. The van der Waals surface area contributed by atoms with Crippen molar-refractivity contribution in [1.82, 2.24) is 4.98 Å². The van der Waals surface area contributed by atoms with E-state index in [9.17, 15) is 18.3 Å². The van der Waals surface area contributed by atoms with Crippen LogP contribution in [0.1, 0.15) is 28.9 Å². The molecule has 1 unspecified atom stereocenters. The third-order valence-electron chi connectivity index (χ3n) is 4.46. The topological polar surface area (TPSA) is 99.6 Å². The van der Waals surface area contributed by atoms with Crippen molar-refractivity contribution in [3.8, 4) is 0 Å². The van der Waals surface area contributed by atoms with E-state index >= 15 is 0 Å². The molecule has 1 heterocycles. The van der Waals surface area contributed by atoms with E-state index in [0.717, 1.165) is 4.31 Å². The maximum Gasteiger partial charge on any atom is 0.264 e. The maximum atomic E-state index is 13.0. The van der Waals surface area contributed by atoms with E-state index in [4.69, 9.17) is 11.6 Å². The van der Waals surface area contributed by atoms with E-state index in [1.165, 1.54) is 37.5 Å². The molecule has 30 heavy (non-hydrogen) atoms. The number of sulfonamides is 1. The number of pyridine rings is 1. The monoisotopic (exact) mass is 445 g/mol. The summed E-state index contributed by atoms with van der Waals surface area (Å²) in [5.74, 6) is -0.196. The van der Waals surface area contributed by atoms with E-state index in [0.29, 0.717) is 22.1 Å². The minimum atomic E-state index is -3.90. The van der Waals surface area contributed by atoms with Crippen LogP contribution in [0.15, 0.2) is 71.8 Å². The Balaban J connectivity index is 1.84. The van der Waals surface area contributed by atoms with Crippen LogP contribution in [0.2, 0.25) is 5.02 Å². The van der Waals surface area contributed by atoms with Crippen LogP contribution in [-0.2, 0) is 10.0 Å². The highest BCUT2D eigenvalue weighted by atomic mass is 35.5. The van der Waals surface area contributed by atoms with Crippen LogP contribution in [0.5, 0.6) is 0 Å². The SMILES string of the molecule is CC(O)c1ccc(N(C)S(=O)(=O)c2cccc(C(=O)Nc3ccc(Cl)cn3)c2)cc1. The first-order chi connectivity index (χ1) is 14.2. The summed E-state index contributed by atoms with van der Waals surface area (Å²) in [4.78, 5) is 16.5. The smallest absolute Gasteiger partial charge is 0.264 e. The van der Waals surface area contributed by atoms with Crippen molar-refractivity contribution in [3.05, 3.63) is 83.0 Å². The maximum absolute atomic E-state index is 13.0. The summed E-state index contributed by atoms with van der Waals surface area (Å²) in [6.45, 7) is 1.63. The normalized spacial score (nSPS) is 12.3. The molecule has 0 spiro atoms. The Morgan fingerprint density at radius 2 is 1.83 bits per heavy atom. The molecule has 0 aliphatic heterocycles. The van der Waals surface area contributed by atoms with E-state index in [1.54, 1.807) is 43.3 Å². The summed E-state index contributed by atoms with van der Waals surface area (Å²) >= 11 is 5.78. The lowest BCUT2D eigenvalue weighted by molar-refractivity contribution is 0.102. The second-order valence-corrected chi connectivity index (χ2v) is 8.99. The van der Waals surface area contributed by atoms with Gasteiger partial charge in [-0.3, -0.25) is 9.10 Å². The quantitative estimate of drug-likeness (QED) is 0.600. The summed E-state index contributed by atoms with van der Waals surface area (Å²) in [5.41, 5.74) is 1.28. The number of nitrogens with one attached hydrogen (secondary N) is 1. The molecule has 3 aromatic rings. The fourth-order valence-corrected chi connectivity index (χ4v) is 4.05. The summed E-state index contributed by atoms with van der Waals surface area (Å²) < 4.78 is 27.2. The number of rotatable bonds is 6. The number of aliphatic hydroxyl groups excluding tert-OH is 1. The minimum Gasteiger partial charge on any atom is -0.389 e. The van der Waals surface area contributed by atoms with Crippen LogP contribution in [0.3, 0.4) is 0 Å². The number of benzene rings is 2. The van der Waals surface area contributed by atoms with Gasteiger partial charge < -0.3 is 10.4 Å². The average Bonchev–Trinajstić information content (AvgIpc) is 2.75. The highest BCUT2D eigenvalue weighted by molar-refractivity contribution is 7.92. The zero-order chi connectivity index (χ0) is 21.9. The number of carbonyl (C=O) groups is 1. The van der Waals surface area contributed by atoms with E-state index in [2.05, 4.69) is 10.3 Å². The highest BCUT2D eigenvalue weighted by Gasteiger charge is 2.22. The minimum absolute atomic E-state index is 0.0266. The largest absolute Gasteiger partial charge is 0.389 e. The molecule has 1 aromatic heterocycles. The van der Waals surface area contributed by atoms with Gasteiger partial charge in [-0.15, -0.1) is 0 Å². The van der Waals surface area contributed by atoms with Gasteiger partial charge in [0.15, 0.2) is 0 Å². The van der Waals surface area contributed by atoms with Crippen LogP contribution in [0.4, 0.5) is 11.5 Å². The molecular formula is C21H20ClN3O4S. The first-order valence-corrected chi connectivity index (χ1v) is 10.8. The number of aromatic nitrogens is 1. The van der Waals surface area contributed by atoms with Crippen LogP contribution in [-0.4, -0.2) is 31.5 Å². The second-order valence-electron chi connectivity index (χ2n) is 6.58. The predicted molar refractivity (Wildman–Crippen MR) is 116 cm³/mol. The fourth-order valence-electron chi connectivity index (χ4n) is 2.70. The fraction of sp³-hybridized carbons (Fsp3) is 0.143. The molecule has 3 rings (SSSR count). The lowest BCUT2D eigenvalue weighted by Gasteiger charge is -2.20. The Morgan fingerprint density at radius 3 is 2.43 bits per heavy atom. The van der Waals surface area contributed by atoms with Gasteiger partial charge >= 0.3 is 0 Å². The molecule has 0 aliphatic carbocycles. The van der Waals surface area contributed by atoms with Crippen molar-refractivity contribution in [2.45, 2.75) is 17.9 Å². The summed E-state index contributed by atoms with van der Waals surface area (Å²) in [5, 5.41) is 12.6. The van der Waals surface area contributed by atoms with Crippen molar-refractivity contribution in [1.29, 1.82) is 0 Å². The van der Waals surface area contributed by atoms with Crippen molar-refractivity contribution in [2.24, 2.45) is 0 Å². The number of carbonyl (C=O) groups excluding carboxylic acids is 1. The van der Waals surface area contributed by atoms with Gasteiger partial charge in [-0.25, -0.2) is 13.4 Å². The van der Waals surface area contributed by atoms with Crippen LogP contribution in [0, 0.1) is 0 Å². The highest BCUT2D eigenvalue weighted by Crippen LogP contribution is 2.24. The molecule has 9 heteroatoms. The lowest BCUT2D eigenvalue weighted by atomic mass is 10.1. The molecule has 1 atom stereocenters. The predicted octanol–water partition coefficient (Wildman–Crippen LogP) is 3.87. The summed E-state index contributed by atoms with van der Waals surface area (Å²) in [6, 6.07) is 15.4. The van der Waals surface area contributed by atoms with Crippen molar-refractivity contribution in [2.75, 3.05) is 16.7 Å². The molecule has 0 saturated carbocycles. The number of amides is 1. The second kappa shape index (κ2) is 8.83. The standard InChI is InChI=1S/C21H20ClN3O4S/c1-14(26)15-6-9-18(10-7-15)25(2)30(28,29)19-5-3-4-16(12-19)21(27)24-20-11-8-17(22)13-23-20/h3-14,26H,1-2H3,(H,23,24,27). The van der Waals surface area contributed by atoms with Crippen LogP contribution in [0.25, 0.3) is 0 Å². The van der Waals surface area contributed by atoms with Gasteiger partial charge in [-0.1, -0.05) is 29.8 Å². The van der Waals surface area contributed by atoms with E-state index < -0.39 is 22.0 Å². The van der Waals surface area contributed by atoms with Gasteiger partial charge in [-0.2, -0.15) is 0 Å². The molecule has 0 aliphatic rings. The lowest BCUT2D eigenvalue weighted by Crippen LogP contribution is -2.27. The Morgan fingerprint density at radius 1 is 1.13 bits per heavy atom. The molecule has 2 aromatic carbocycles. The van der Waals surface area contributed by atoms with Crippen LogP contribution >= 0.6 is 11.6 Å². The number of halogens is 1. The van der Waals surface area contributed by atoms with Crippen molar-refractivity contribution < 1.29 is 18.3 Å². The third-order valence-corrected chi connectivity index (χ3v) is 6.47. The molecule has 7 nitrogen and oxygen atoms in total. The molecule has 156 valence electrons. The Labute approximate surface area is 180 Å². The molecule has 1 amide bonds. The molecule has 0 bridgehead atoms. The number of anilines is 2. The van der Waals surface area contributed by atoms with Gasteiger partial charge in [-0.05, 0) is 55.0 Å². The molecule has 0 radical (unpaired) electrons. The summed E-state index contributed by atoms with van der Waals surface area (Å²) in [6.07, 6.45) is 0.752. The number of hydrogen-bond donors (Lipinski definition) is 2. The Kier molecular flexibility index (Phi) is 6.40. The Hall–Kier alpha value is -2.94. The molecular weight excluding hydrogens is 426 g/mol. The van der Waals surface area contributed by atoms with E-state index in [1.807, 2.05) is 0 Å². The van der Waals surface area contributed by atoms with Gasteiger partial charge in [0.2, 0.25) is 0 Å². The molecule has 0 saturated heterocycles. The number of aliphatic hydroxyl groups is 1. The van der Waals surface area contributed by atoms with Gasteiger partial charge in [0.25, 0.3) is 15.9 Å². The van der Waals surface area contributed by atoms with Gasteiger partial charge in [0, 0.05) is 18.8 Å². The van der Waals surface area contributed by atoms with Crippen LogP contribution < -0.4 is 9.62 Å².